The van der Waals surface area contributed by atoms with E-state index in [2.05, 4.69) is 17.4 Å². The average Bonchev–Trinajstić information content (AvgIpc) is 2.66. The van der Waals surface area contributed by atoms with Gasteiger partial charge in [0.1, 0.15) is 23.9 Å². The van der Waals surface area contributed by atoms with Gasteiger partial charge in [-0.1, -0.05) is 12.1 Å². The first-order valence-electron chi connectivity index (χ1n) is 9.88. The summed E-state index contributed by atoms with van der Waals surface area (Å²) in [4.78, 5) is 14.2. The van der Waals surface area contributed by atoms with E-state index in [1.54, 1.807) is 7.11 Å². The molecule has 0 saturated heterocycles. The molecule has 2 rings (SSSR count). The maximum Gasteiger partial charge on any atom is 0.234 e. The van der Waals surface area contributed by atoms with Crippen molar-refractivity contribution < 1.29 is 19.0 Å². The number of rotatable bonds is 11. The average molecular weight is 401 g/mol. The van der Waals surface area contributed by atoms with Gasteiger partial charge in [-0.25, -0.2) is 0 Å². The van der Waals surface area contributed by atoms with Gasteiger partial charge in [0, 0.05) is 6.54 Å². The largest absolute Gasteiger partial charge is 0.496 e. The molecule has 0 radical (unpaired) electrons. The lowest BCUT2D eigenvalue weighted by molar-refractivity contribution is -0.122. The molecule has 29 heavy (non-hydrogen) atoms. The van der Waals surface area contributed by atoms with Crippen molar-refractivity contribution in [2.24, 2.45) is 0 Å². The fraction of sp³-hybridized carbons (Fsp3) is 0.435. The van der Waals surface area contributed by atoms with Crippen LogP contribution in [0.5, 0.6) is 17.2 Å². The lowest BCUT2D eigenvalue weighted by Crippen LogP contribution is -2.36. The van der Waals surface area contributed by atoms with Crippen molar-refractivity contribution >= 4 is 5.91 Å². The van der Waals surface area contributed by atoms with Crippen LogP contribution in [-0.2, 0) is 11.3 Å². The van der Waals surface area contributed by atoms with Crippen LogP contribution in [0, 0.1) is 13.8 Å². The summed E-state index contributed by atoms with van der Waals surface area (Å²) in [5.41, 5.74) is 3.37. The van der Waals surface area contributed by atoms with E-state index in [-0.39, 0.29) is 5.91 Å². The van der Waals surface area contributed by atoms with E-state index in [1.165, 1.54) is 0 Å². The number of carbonyl (C=O) groups is 1. The van der Waals surface area contributed by atoms with E-state index in [1.807, 2.05) is 57.0 Å². The van der Waals surface area contributed by atoms with E-state index in [0.717, 1.165) is 33.9 Å². The van der Waals surface area contributed by atoms with Gasteiger partial charge in [0.05, 0.1) is 26.8 Å². The normalized spacial score (nSPS) is 10.7. The Bertz CT molecular complexity index is 767. The molecule has 0 aliphatic carbocycles. The summed E-state index contributed by atoms with van der Waals surface area (Å²) in [5.74, 6) is 2.47. The van der Waals surface area contributed by atoms with Crippen LogP contribution in [0.3, 0.4) is 0 Å². The van der Waals surface area contributed by atoms with Crippen LogP contribution in [0.1, 0.15) is 23.6 Å². The maximum absolute atomic E-state index is 12.2. The number of amides is 1. The van der Waals surface area contributed by atoms with E-state index in [4.69, 9.17) is 14.2 Å². The number of carbonyl (C=O) groups excluding carboxylic acids is 1. The fourth-order valence-electron chi connectivity index (χ4n) is 3.28. The van der Waals surface area contributed by atoms with Crippen molar-refractivity contribution in [1.29, 1.82) is 0 Å². The third-order valence-corrected chi connectivity index (χ3v) is 4.42. The summed E-state index contributed by atoms with van der Waals surface area (Å²) in [5, 5.41) is 2.89. The number of benzene rings is 2. The molecule has 2 aromatic carbocycles. The summed E-state index contributed by atoms with van der Waals surface area (Å²) in [6.07, 6.45) is 0. The zero-order valence-corrected chi connectivity index (χ0v) is 18.1. The lowest BCUT2D eigenvalue weighted by atomic mass is 10.1. The number of methoxy groups -OCH3 is 1. The van der Waals surface area contributed by atoms with Gasteiger partial charge in [-0.2, -0.15) is 0 Å². The number of nitrogens with one attached hydrogen (secondary N) is 1. The number of hydrogen-bond donors (Lipinski definition) is 1. The summed E-state index contributed by atoms with van der Waals surface area (Å²) in [7, 11) is 3.62. The second-order valence-electron chi connectivity index (χ2n) is 7.04. The molecule has 0 fully saturated rings. The minimum Gasteiger partial charge on any atom is -0.496 e. The number of nitrogens with zero attached hydrogens (tertiary/aromatic N) is 1. The van der Waals surface area contributed by atoms with Crippen LogP contribution < -0.4 is 19.5 Å². The number of likely N-dealkylation sites (N-methyl/N-ethyl adjacent to an activating group) is 1. The Kier molecular flexibility index (Phi) is 8.80. The Morgan fingerprint density at radius 2 is 1.62 bits per heavy atom. The highest BCUT2D eigenvalue weighted by molar-refractivity contribution is 5.77. The molecule has 0 aromatic heterocycles. The molecule has 0 bridgehead atoms. The van der Waals surface area contributed by atoms with E-state index in [0.29, 0.717) is 32.8 Å². The van der Waals surface area contributed by atoms with Crippen LogP contribution in [0.4, 0.5) is 0 Å². The Morgan fingerprint density at radius 1 is 1.03 bits per heavy atom. The van der Waals surface area contributed by atoms with Gasteiger partial charge < -0.3 is 19.5 Å². The first-order valence-corrected chi connectivity index (χ1v) is 9.88. The molecule has 2 aromatic rings. The number of aryl methyl sites for hydroxylation is 2. The molecule has 1 amide bonds. The zero-order chi connectivity index (χ0) is 21.2. The monoisotopic (exact) mass is 400 g/mol. The van der Waals surface area contributed by atoms with Gasteiger partial charge in [-0.05, 0) is 68.8 Å². The summed E-state index contributed by atoms with van der Waals surface area (Å²) < 4.78 is 16.4. The molecule has 0 heterocycles. The van der Waals surface area contributed by atoms with Crippen molar-refractivity contribution in [2.75, 3.05) is 40.5 Å². The quantitative estimate of drug-likeness (QED) is 0.586. The topological polar surface area (TPSA) is 60.0 Å². The van der Waals surface area contributed by atoms with Crippen LogP contribution in [0.15, 0.2) is 36.4 Å². The van der Waals surface area contributed by atoms with Crippen molar-refractivity contribution in [2.45, 2.75) is 27.3 Å². The molecule has 0 saturated carbocycles. The lowest BCUT2D eigenvalue weighted by Gasteiger charge is -2.18. The van der Waals surface area contributed by atoms with Gasteiger partial charge in [0.25, 0.3) is 0 Å². The number of ether oxygens (including phenoxy) is 3. The number of hydrogen-bond acceptors (Lipinski definition) is 5. The highest BCUT2D eigenvalue weighted by atomic mass is 16.5. The standard InChI is InChI=1S/C23H32N2O4/c1-6-28-20-7-9-21(10-8-20)29-12-11-24-22(26)16-25(4)15-19-13-17(2)23(27-5)18(3)14-19/h7-10,13-14H,6,11-12,15-16H2,1-5H3,(H,24,26). The third-order valence-electron chi connectivity index (χ3n) is 4.42. The molecule has 0 spiro atoms. The molecule has 6 heteroatoms. The van der Waals surface area contributed by atoms with Crippen LogP contribution >= 0.6 is 0 Å². The van der Waals surface area contributed by atoms with Crippen molar-refractivity contribution in [3.05, 3.63) is 53.1 Å². The van der Waals surface area contributed by atoms with Crippen molar-refractivity contribution in [3.63, 3.8) is 0 Å². The van der Waals surface area contributed by atoms with E-state index < -0.39 is 0 Å². The molecular weight excluding hydrogens is 368 g/mol. The first kappa shape index (κ1) is 22.6. The SMILES string of the molecule is CCOc1ccc(OCCNC(=O)CN(C)Cc2cc(C)c(OC)c(C)c2)cc1. The highest BCUT2D eigenvalue weighted by Crippen LogP contribution is 2.24. The van der Waals surface area contributed by atoms with Gasteiger partial charge in [0.2, 0.25) is 5.91 Å². The Hall–Kier alpha value is -2.73. The van der Waals surface area contributed by atoms with Gasteiger partial charge in [-0.15, -0.1) is 0 Å². The van der Waals surface area contributed by atoms with Crippen LogP contribution in [0.2, 0.25) is 0 Å². The molecule has 1 N–H and O–H groups in total. The predicted octanol–water partition coefficient (Wildman–Crippen LogP) is 3.34. The first-order chi connectivity index (χ1) is 13.9. The second kappa shape index (κ2) is 11.3. The van der Waals surface area contributed by atoms with Crippen LogP contribution in [0.25, 0.3) is 0 Å². The predicted molar refractivity (Wildman–Crippen MR) is 115 cm³/mol. The van der Waals surface area contributed by atoms with Gasteiger partial charge in [0.15, 0.2) is 0 Å². The molecule has 6 nitrogen and oxygen atoms in total. The Balaban J connectivity index is 1.70. The zero-order valence-electron chi connectivity index (χ0n) is 18.1. The van der Waals surface area contributed by atoms with Gasteiger partial charge in [-0.3, -0.25) is 9.69 Å². The molecular formula is C23H32N2O4. The Labute approximate surface area is 173 Å². The minimum atomic E-state index is -0.0234. The van der Waals surface area contributed by atoms with E-state index in [9.17, 15) is 4.79 Å². The third kappa shape index (κ3) is 7.31. The van der Waals surface area contributed by atoms with E-state index >= 15 is 0 Å². The summed E-state index contributed by atoms with van der Waals surface area (Å²) in [6.45, 7) is 8.55. The maximum atomic E-state index is 12.2. The molecule has 158 valence electrons. The summed E-state index contributed by atoms with van der Waals surface area (Å²) in [6, 6.07) is 11.7. The highest BCUT2D eigenvalue weighted by Gasteiger charge is 2.10. The summed E-state index contributed by atoms with van der Waals surface area (Å²) >= 11 is 0. The molecule has 0 unspecified atom stereocenters. The molecule has 0 aliphatic rings. The minimum absolute atomic E-state index is 0.0234. The Morgan fingerprint density at radius 3 is 2.17 bits per heavy atom. The fourth-order valence-corrected chi connectivity index (χ4v) is 3.28. The molecule has 0 aliphatic heterocycles. The smallest absolute Gasteiger partial charge is 0.234 e. The van der Waals surface area contributed by atoms with Crippen molar-refractivity contribution in [3.8, 4) is 17.2 Å². The van der Waals surface area contributed by atoms with Gasteiger partial charge >= 0.3 is 0 Å². The van der Waals surface area contributed by atoms with Crippen molar-refractivity contribution in [1.82, 2.24) is 10.2 Å². The molecule has 0 atom stereocenters. The second-order valence-corrected chi connectivity index (χ2v) is 7.04. The van der Waals surface area contributed by atoms with Crippen LogP contribution in [-0.4, -0.2) is 51.3 Å².